The summed E-state index contributed by atoms with van der Waals surface area (Å²) in [4.78, 5) is 11.9. The van der Waals surface area contributed by atoms with Crippen LogP contribution < -0.4 is 15.8 Å². The first-order valence-electron chi connectivity index (χ1n) is 5.90. The second-order valence-corrected chi connectivity index (χ2v) is 4.88. The van der Waals surface area contributed by atoms with Crippen molar-refractivity contribution in [2.75, 3.05) is 25.3 Å². The maximum absolute atomic E-state index is 11.6. The minimum Gasteiger partial charge on any atom is -0.492 e. The van der Waals surface area contributed by atoms with Gasteiger partial charge in [-0.05, 0) is 12.8 Å². The van der Waals surface area contributed by atoms with Crippen LogP contribution in [0.3, 0.4) is 0 Å². The van der Waals surface area contributed by atoms with Gasteiger partial charge < -0.3 is 20.5 Å². The van der Waals surface area contributed by atoms with E-state index in [2.05, 4.69) is 19.2 Å². The zero-order chi connectivity index (χ0) is 13.7. The van der Waals surface area contributed by atoms with Crippen molar-refractivity contribution in [2.45, 2.75) is 32.7 Å². The second-order valence-electron chi connectivity index (χ2n) is 3.86. The molecule has 1 rings (SSSR count). The lowest BCUT2D eigenvalue weighted by atomic mass is 10.2. The number of carbonyl (C=O) groups is 1. The Morgan fingerprint density at radius 3 is 2.44 bits per heavy atom. The molecule has 0 bridgehead atoms. The molecule has 0 aromatic carbocycles. The predicted octanol–water partition coefficient (Wildman–Crippen LogP) is 2.73. The summed E-state index contributed by atoms with van der Waals surface area (Å²) in [6.07, 6.45) is 1.98. The summed E-state index contributed by atoms with van der Waals surface area (Å²) in [6.45, 7) is 4.21. The molecule has 0 aliphatic heterocycles. The van der Waals surface area contributed by atoms with Crippen LogP contribution >= 0.6 is 11.3 Å². The maximum atomic E-state index is 11.6. The molecule has 6 heteroatoms. The standard InChI is InChI=1S/C12H20N2O3S/c1-5-7(6-2)14-11-9(16-3)8(13)10(18-11)12(15)17-4/h7,14H,5-6,13H2,1-4H3. The minimum atomic E-state index is -0.437. The Balaban J connectivity index is 3.07. The summed E-state index contributed by atoms with van der Waals surface area (Å²) < 4.78 is 9.95. The number of esters is 1. The van der Waals surface area contributed by atoms with Crippen molar-refractivity contribution in [3.63, 3.8) is 0 Å². The highest BCUT2D eigenvalue weighted by atomic mass is 32.1. The average molecular weight is 272 g/mol. The van der Waals surface area contributed by atoms with Gasteiger partial charge in [-0.1, -0.05) is 13.8 Å². The molecule has 0 unspecified atom stereocenters. The number of carbonyl (C=O) groups excluding carboxylic acids is 1. The van der Waals surface area contributed by atoms with E-state index in [0.717, 1.165) is 17.8 Å². The Bertz CT molecular complexity index is 414. The normalized spacial score (nSPS) is 10.5. The van der Waals surface area contributed by atoms with E-state index in [9.17, 15) is 4.79 Å². The number of hydrogen-bond donors (Lipinski definition) is 2. The molecule has 18 heavy (non-hydrogen) atoms. The molecule has 1 heterocycles. The first-order chi connectivity index (χ1) is 8.58. The molecule has 0 aliphatic rings. The van der Waals surface area contributed by atoms with E-state index in [1.807, 2.05) is 0 Å². The van der Waals surface area contributed by atoms with E-state index in [0.29, 0.717) is 22.4 Å². The molecule has 0 amide bonds. The van der Waals surface area contributed by atoms with E-state index in [1.165, 1.54) is 25.6 Å². The molecule has 0 fully saturated rings. The quantitative estimate of drug-likeness (QED) is 0.779. The van der Waals surface area contributed by atoms with Crippen LogP contribution in [0.15, 0.2) is 0 Å². The van der Waals surface area contributed by atoms with Gasteiger partial charge in [0.15, 0.2) is 5.75 Å². The van der Waals surface area contributed by atoms with Crippen molar-refractivity contribution in [1.82, 2.24) is 0 Å². The zero-order valence-corrected chi connectivity index (χ0v) is 12.0. The Morgan fingerprint density at radius 1 is 1.39 bits per heavy atom. The highest BCUT2D eigenvalue weighted by molar-refractivity contribution is 7.19. The van der Waals surface area contributed by atoms with Gasteiger partial charge in [0, 0.05) is 6.04 Å². The predicted molar refractivity (Wildman–Crippen MR) is 74.6 cm³/mol. The van der Waals surface area contributed by atoms with E-state index < -0.39 is 5.97 Å². The molecule has 0 aliphatic carbocycles. The average Bonchev–Trinajstić information content (AvgIpc) is 2.71. The van der Waals surface area contributed by atoms with Crippen LogP contribution in [0.5, 0.6) is 5.75 Å². The number of nitrogens with two attached hydrogens (primary N) is 1. The number of anilines is 2. The van der Waals surface area contributed by atoms with Crippen LogP contribution in [0.25, 0.3) is 0 Å². The molecule has 5 nitrogen and oxygen atoms in total. The molecule has 0 saturated heterocycles. The Morgan fingerprint density at radius 2 is 2.00 bits per heavy atom. The molecule has 0 radical (unpaired) electrons. The number of nitrogens with one attached hydrogen (secondary N) is 1. The molecule has 1 aromatic rings. The number of thiophene rings is 1. The smallest absolute Gasteiger partial charge is 0.350 e. The van der Waals surface area contributed by atoms with Crippen molar-refractivity contribution < 1.29 is 14.3 Å². The monoisotopic (exact) mass is 272 g/mol. The van der Waals surface area contributed by atoms with E-state index in [-0.39, 0.29) is 0 Å². The molecular formula is C12H20N2O3S. The van der Waals surface area contributed by atoms with Crippen molar-refractivity contribution in [2.24, 2.45) is 0 Å². The van der Waals surface area contributed by atoms with Crippen LogP contribution in [0.4, 0.5) is 10.7 Å². The Labute approximate surface area is 111 Å². The van der Waals surface area contributed by atoms with Crippen molar-refractivity contribution >= 4 is 28.0 Å². The van der Waals surface area contributed by atoms with Crippen LogP contribution in [0.1, 0.15) is 36.4 Å². The summed E-state index contributed by atoms with van der Waals surface area (Å²) in [7, 11) is 2.87. The molecule has 0 saturated carbocycles. The van der Waals surface area contributed by atoms with Gasteiger partial charge >= 0.3 is 5.97 Å². The van der Waals surface area contributed by atoms with E-state index >= 15 is 0 Å². The second kappa shape index (κ2) is 6.49. The summed E-state index contributed by atoms with van der Waals surface area (Å²) >= 11 is 1.27. The van der Waals surface area contributed by atoms with Crippen molar-refractivity contribution in [3.05, 3.63) is 4.88 Å². The lowest BCUT2D eigenvalue weighted by molar-refractivity contribution is 0.0607. The number of methoxy groups -OCH3 is 2. The summed E-state index contributed by atoms with van der Waals surface area (Å²) in [5.41, 5.74) is 6.23. The topological polar surface area (TPSA) is 73.6 Å². The van der Waals surface area contributed by atoms with E-state index in [1.54, 1.807) is 0 Å². The Hall–Kier alpha value is -1.43. The fourth-order valence-corrected chi connectivity index (χ4v) is 2.73. The van der Waals surface area contributed by atoms with Crippen LogP contribution in [0.2, 0.25) is 0 Å². The molecular weight excluding hydrogens is 252 g/mol. The fourth-order valence-electron chi connectivity index (χ4n) is 1.65. The lowest BCUT2D eigenvalue weighted by Gasteiger charge is -2.15. The van der Waals surface area contributed by atoms with Gasteiger partial charge in [0.25, 0.3) is 0 Å². The first kappa shape index (κ1) is 14.6. The van der Waals surface area contributed by atoms with Gasteiger partial charge in [0.2, 0.25) is 0 Å². The van der Waals surface area contributed by atoms with Crippen LogP contribution in [-0.4, -0.2) is 26.2 Å². The number of hydrogen-bond acceptors (Lipinski definition) is 6. The fraction of sp³-hybridized carbons (Fsp3) is 0.583. The first-order valence-corrected chi connectivity index (χ1v) is 6.71. The minimum absolute atomic E-state index is 0.336. The third-order valence-electron chi connectivity index (χ3n) is 2.80. The SMILES string of the molecule is CCC(CC)Nc1sc(C(=O)OC)c(N)c1OC. The number of nitrogen functional groups attached to an aromatic ring is 1. The molecule has 0 atom stereocenters. The highest BCUT2D eigenvalue weighted by Crippen LogP contribution is 2.43. The zero-order valence-electron chi connectivity index (χ0n) is 11.2. The van der Waals surface area contributed by atoms with Crippen LogP contribution in [-0.2, 0) is 4.74 Å². The van der Waals surface area contributed by atoms with Gasteiger partial charge in [0.1, 0.15) is 15.6 Å². The lowest BCUT2D eigenvalue weighted by Crippen LogP contribution is -2.16. The molecule has 3 N–H and O–H groups in total. The van der Waals surface area contributed by atoms with Gasteiger partial charge in [-0.15, -0.1) is 11.3 Å². The van der Waals surface area contributed by atoms with Gasteiger partial charge in [0.05, 0.1) is 14.2 Å². The molecule has 102 valence electrons. The van der Waals surface area contributed by atoms with Crippen molar-refractivity contribution in [3.8, 4) is 5.75 Å². The third-order valence-corrected chi connectivity index (χ3v) is 3.89. The summed E-state index contributed by atoms with van der Waals surface area (Å²) in [5.74, 6) is 0.0840. The van der Waals surface area contributed by atoms with Gasteiger partial charge in [-0.2, -0.15) is 0 Å². The Kier molecular flexibility index (Phi) is 5.27. The summed E-state index contributed by atoms with van der Waals surface area (Å²) in [6, 6.07) is 0.336. The third kappa shape index (κ3) is 2.87. The van der Waals surface area contributed by atoms with Crippen LogP contribution in [0, 0.1) is 0 Å². The molecule has 0 spiro atoms. The van der Waals surface area contributed by atoms with Gasteiger partial charge in [-0.25, -0.2) is 4.79 Å². The molecule has 1 aromatic heterocycles. The largest absolute Gasteiger partial charge is 0.492 e. The highest BCUT2D eigenvalue weighted by Gasteiger charge is 2.23. The summed E-state index contributed by atoms with van der Waals surface area (Å²) in [5, 5.41) is 4.13. The van der Waals surface area contributed by atoms with Gasteiger partial charge in [-0.3, -0.25) is 0 Å². The van der Waals surface area contributed by atoms with E-state index in [4.69, 9.17) is 15.2 Å². The number of ether oxygens (including phenoxy) is 2. The van der Waals surface area contributed by atoms with Crippen molar-refractivity contribution in [1.29, 1.82) is 0 Å². The maximum Gasteiger partial charge on any atom is 0.350 e. The number of rotatable bonds is 6.